The first-order chi connectivity index (χ1) is 25.3. The third-order valence-corrected chi connectivity index (χ3v) is 11.1. The summed E-state index contributed by atoms with van der Waals surface area (Å²) in [4.78, 5) is 10.6. The van der Waals surface area contributed by atoms with E-state index in [0.29, 0.717) is 5.84 Å². The van der Waals surface area contributed by atoms with Crippen LogP contribution in [-0.2, 0) is 0 Å². The number of rotatable bonds is 4. The van der Waals surface area contributed by atoms with E-state index in [9.17, 15) is 0 Å². The molecule has 0 spiro atoms. The molecule has 51 heavy (non-hydrogen) atoms. The predicted molar refractivity (Wildman–Crippen MR) is 211 cm³/mol. The van der Waals surface area contributed by atoms with Crippen molar-refractivity contribution >= 4 is 87.1 Å². The summed E-state index contributed by atoms with van der Waals surface area (Å²) >= 11 is 1.82. The maximum atomic E-state index is 6.50. The molecule has 0 radical (unpaired) electrons. The van der Waals surface area contributed by atoms with Crippen molar-refractivity contribution < 1.29 is 8.83 Å². The number of para-hydroxylation sites is 2. The zero-order valence-corrected chi connectivity index (χ0v) is 27.9. The number of thiophene rings is 1. The van der Waals surface area contributed by atoms with Crippen molar-refractivity contribution in [2.24, 2.45) is 9.98 Å². The van der Waals surface area contributed by atoms with Gasteiger partial charge in [-0.05, 0) is 59.7 Å². The van der Waals surface area contributed by atoms with Gasteiger partial charge in [0.2, 0.25) is 0 Å². The van der Waals surface area contributed by atoms with Crippen molar-refractivity contribution in [2.75, 3.05) is 0 Å². The van der Waals surface area contributed by atoms with Crippen LogP contribution in [-0.4, -0.2) is 11.7 Å². The molecular formula is C45H27N3O2S. The lowest BCUT2D eigenvalue weighted by Gasteiger charge is -2.26. The van der Waals surface area contributed by atoms with Crippen LogP contribution in [0, 0.1) is 0 Å². The van der Waals surface area contributed by atoms with Gasteiger partial charge in [0.05, 0.1) is 0 Å². The Labute approximate surface area is 295 Å². The molecule has 0 aliphatic carbocycles. The maximum Gasteiger partial charge on any atom is 0.159 e. The van der Waals surface area contributed by atoms with Crippen LogP contribution in [0.15, 0.2) is 170 Å². The Morgan fingerprint density at radius 3 is 1.98 bits per heavy atom. The molecule has 1 N–H and O–H groups in total. The van der Waals surface area contributed by atoms with Crippen LogP contribution in [0.2, 0.25) is 0 Å². The Bertz CT molecular complexity index is 3070. The molecule has 0 saturated carbocycles. The lowest BCUT2D eigenvalue weighted by Crippen LogP contribution is -2.34. The molecule has 0 amide bonds. The molecule has 0 bridgehead atoms. The minimum absolute atomic E-state index is 0.490. The molecule has 0 saturated heterocycles. The normalized spacial score (nSPS) is 14.9. The van der Waals surface area contributed by atoms with E-state index in [-0.39, 0.29) is 0 Å². The van der Waals surface area contributed by atoms with E-state index in [1.807, 2.05) is 59.9 Å². The Morgan fingerprint density at radius 1 is 0.490 bits per heavy atom. The van der Waals surface area contributed by atoms with E-state index in [0.717, 1.165) is 77.5 Å². The first kappa shape index (κ1) is 28.3. The first-order valence-corrected chi connectivity index (χ1v) is 17.8. The van der Waals surface area contributed by atoms with Gasteiger partial charge in [-0.1, -0.05) is 103 Å². The number of nitrogens with zero attached hydrogens (tertiary/aromatic N) is 2. The van der Waals surface area contributed by atoms with E-state index in [1.165, 1.54) is 20.2 Å². The molecule has 1 atom stereocenters. The van der Waals surface area contributed by atoms with E-state index in [2.05, 4.69) is 108 Å². The molecule has 3 aromatic heterocycles. The topological polar surface area (TPSA) is 63.0 Å². The fourth-order valence-corrected chi connectivity index (χ4v) is 8.78. The van der Waals surface area contributed by atoms with Crippen LogP contribution in [0.25, 0.3) is 75.2 Å². The Kier molecular flexibility index (Phi) is 6.12. The second-order valence-electron chi connectivity index (χ2n) is 12.9. The van der Waals surface area contributed by atoms with Gasteiger partial charge in [0.15, 0.2) is 5.84 Å². The summed E-state index contributed by atoms with van der Waals surface area (Å²) in [6.45, 7) is 0. The van der Waals surface area contributed by atoms with Crippen molar-refractivity contribution in [3.8, 4) is 11.1 Å². The van der Waals surface area contributed by atoms with Crippen molar-refractivity contribution in [1.29, 1.82) is 0 Å². The molecule has 1 aliphatic heterocycles. The lowest BCUT2D eigenvalue weighted by atomic mass is 9.90. The molecule has 4 heterocycles. The van der Waals surface area contributed by atoms with E-state index in [1.54, 1.807) is 0 Å². The van der Waals surface area contributed by atoms with Crippen LogP contribution in [0.5, 0.6) is 0 Å². The van der Waals surface area contributed by atoms with Crippen molar-refractivity contribution in [2.45, 2.75) is 6.17 Å². The van der Waals surface area contributed by atoms with Gasteiger partial charge in [-0.25, -0.2) is 9.98 Å². The third-order valence-electron chi connectivity index (χ3n) is 9.97. The lowest BCUT2D eigenvalue weighted by molar-refractivity contribution is 0.663. The summed E-state index contributed by atoms with van der Waals surface area (Å²) < 4.78 is 15.4. The highest BCUT2D eigenvalue weighted by Gasteiger charge is 2.29. The highest BCUT2D eigenvalue weighted by molar-refractivity contribution is 7.25. The van der Waals surface area contributed by atoms with E-state index >= 15 is 0 Å². The number of hydrogen-bond donors (Lipinski definition) is 1. The monoisotopic (exact) mass is 673 g/mol. The summed E-state index contributed by atoms with van der Waals surface area (Å²) in [5.74, 6) is 1.45. The standard InChI is InChI=1S/C45H27N3O2S/c1-2-11-26(12-3-1)43-46-44(27-21-24-39-33(25-27)28-13-6-9-20-38(28)51-39)48-45(47-43)42-30(22-23-37-41(42)32-15-5-8-18-35(32)50-37)29-16-10-19-36-40(29)31-14-4-7-17-34(31)49-36/h1-25,45H,(H,46,47,48). The second-order valence-corrected chi connectivity index (χ2v) is 14.0. The maximum absolute atomic E-state index is 6.50. The van der Waals surface area contributed by atoms with Gasteiger partial charge in [0, 0.05) is 58.4 Å². The molecule has 5 nitrogen and oxygen atoms in total. The number of nitrogens with one attached hydrogen (secondary N) is 1. The summed E-state index contributed by atoms with van der Waals surface area (Å²) in [5.41, 5.74) is 8.48. The molecule has 1 unspecified atom stereocenters. The number of hydrogen-bond acceptors (Lipinski definition) is 6. The first-order valence-electron chi connectivity index (χ1n) is 17.0. The quantitative estimate of drug-likeness (QED) is 0.202. The van der Waals surface area contributed by atoms with Crippen LogP contribution >= 0.6 is 11.3 Å². The fraction of sp³-hybridized carbons (Fsp3) is 0.0222. The SMILES string of the molecule is c1ccc(C2=NC(c3c(-c4cccc5oc6ccccc6c45)ccc4oc5ccccc5c34)NC(c3ccc4sc5ccccc5c4c3)=N2)cc1. The Morgan fingerprint density at radius 2 is 1.16 bits per heavy atom. The number of amidine groups is 2. The van der Waals surface area contributed by atoms with Crippen molar-refractivity contribution in [3.05, 3.63) is 168 Å². The van der Waals surface area contributed by atoms with Gasteiger partial charge >= 0.3 is 0 Å². The summed E-state index contributed by atoms with van der Waals surface area (Å²) in [6.07, 6.45) is -0.490. The molecule has 11 rings (SSSR count). The molecule has 240 valence electrons. The van der Waals surface area contributed by atoms with Gasteiger partial charge in [-0.3, -0.25) is 0 Å². The predicted octanol–water partition coefficient (Wildman–Crippen LogP) is 12.0. The van der Waals surface area contributed by atoms with Crippen LogP contribution < -0.4 is 5.32 Å². The second kappa shape index (κ2) is 11.0. The summed E-state index contributed by atoms with van der Waals surface area (Å²) in [5, 5.41) is 10.5. The molecule has 10 aromatic rings. The smallest absolute Gasteiger partial charge is 0.159 e. The highest BCUT2D eigenvalue weighted by atomic mass is 32.1. The third kappa shape index (κ3) is 4.40. The molecular weight excluding hydrogens is 647 g/mol. The number of fused-ring (bicyclic) bond motifs is 9. The average Bonchev–Trinajstić information content (AvgIpc) is 3.88. The Hall–Kier alpha value is -6.50. The zero-order valence-electron chi connectivity index (χ0n) is 27.1. The molecule has 1 aliphatic rings. The van der Waals surface area contributed by atoms with Crippen LogP contribution in [0.1, 0.15) is 22.9 Å². The van der Waals surface area contributed by atoms with Gasteiger partial charge in [0.1, 0.15) is 34.3 Å². The van der Waals surface area contributed by atoms with Gasteiger partial charge in [0.25, 0.3) is 0 Å². The zero-order chi connectivity index (χ0) is 33.5. The number of aliphatic imine (C=N–C) groups is 2. The minimum atomic E-state index is -0.490. The van der Waals surface area contributed by atoms with Crippen LogP contribution in [0.4, 0.5) is 0 Å². The highest BCUT2D eigenvalue weighted by Crippen LogP contribution is 2.45. The molecule has 0 fully saturated rings. The van der Waals surface area contributed by atoms with Gasteiger partial charge in [-0.15, -0.1) is 11.3 Å². The fourth-order valence-electron chi connectivity index (χ4n) is 7.70. The molecule has 6 heteroatoms. The number of benzene rings is 7. The van der Waals surface area contributed by atoms with E-state index < -0.39 is 6.17 Å². The van der Waals surface area contributed by atoms with E-state index in [4.69, 9.17) is 18.8 Å². The number of furan rings is 2. The van der Waals surface area contributed by atoms with Crippen molar-refractivity contribution in [3.63, 3.8) is 0 Å². The van der Waals surface area contributed by atoms with Crippen LogP contribution in [0.3, 0.4) is 0 Å². The Balaban J connectivity index is 1.19. The van der Waals surface area contributed by atoms with Crippen molar-refractivity contribution in [1.82, 2.24) is 5.32 Å². The average molecular weight is 674 g/mol. The van der Waals surface area contributed by atoms with Gasteiger partial charge < -0.3 is 14.2 Å². The minimum Gasteiger partial charge on any atom is -0.456 e. The molecule has 7 aromatic carbocycles. The summed E-state index contributed by atoms with van der Waals surface area (Å²) in [7, 11) is 0. The van der Waals surface area contributed by atoms with Gasteiger partial charge in [-0.2, -0.15) is 0 Å². The summed E-state index contributed by atoms with van der Waals surface area (Å²) in [6, 6.07) is 52.5. The largest absolute Gasteiger partial charge is 0.456 e.